The highest BCUT2D eigenvalue weighted by molar-refractivity contribution is 9.10. The second-order valence-corrected chi connectivity index (χ2v) is 9.43. The van der Waals surface area contributed by atoms with Crippen LogP contribution in [0, 0.1) is 12.7 Å². The predicted octanol–water partition coefficient (Wildman–Crippen LogP) is 4.24. The molecule has 0 heterocycles. The van der Waals surface area contributed by atoms with Crippen molar-refractivity contribution in [2.24, 2.45) is 5.10 Å². The third kappa shape index (κ3) is 5.99. The van der Waals surface area contributed by atoms with Crippen molar-refractivity contribution in [2.75, 3.05) is 10.8 Å². The highest BCUT2D eigenvalue weighted by Gasteiger charge is 2.27. The van der Waals surface area contributed by atoms with Crippen LogP contribution in [-0.2, 0) is 14.8 Å². The maximum atomic E-state index is 13.4. The first-order chi connectivity index (χ1) is 14.8. The van der Waals surface area contributed by atoms with Crippen molar-refractivity contribution in [3.8, 4) is 0 Å². The number of amides is 1. The minimum absolute atomic E-state index is 0.0212. The lowest BCUT2D eigenvalue weighted by molar-refractivity contribution is -0.119. The van der Waals surface area contributed by atoms with Crippen LogP contribution in [0.2, 0.25) is 0 Å². The summed E-state index contributed by atoms with van der Waals surface area (Å²) in [6, 6.07) is 18.4. The Hall–Kier alpha value is -3.04. The average Bonchev–Trinajstić information content (AvgIpc) is 2.73. The Morgan fingerprint density at radius 2 is 1.77 bits per heavy atom. The van der Waals surface area contributed by atoms with Gasteiger partial charge in [-0.05, 0) is 61.0 Å². The van der Waals surface area contributed by atoms with E-state index in [0.29, 0.717) is 0 Å². The van der Waals surface area contributed by atoms with E-state index in [1.54, 1.807) is 18.2 Å². The molecule has 0 spiro atoms. The molecule has 1 N–H and O–H groups in total. The topological polar surface area (TPSA) is 78.8 Å². The quantitative estimate of drug-likeness (QED) is 0.386. The Labute approximate surface area is 188 Å². The third-order valence-corrected chi connectivity index (χ3v) is 6.54. The second-order valence-electron chi connectivity index (χ2n) is 6.65. The second kappa shape index (κ2) is 9.84. The molecule has 3 rings (SSSR count). The Balaban J connectivity index is 1.83. The molecule has 0 bridgehead atoms. The minimum Gasteiger partial charge on any atom is -0.271 e. The fraction of sp³-hybridized carbons (Fsp3) is 0.0909. The number of aryl methyl sites for hydroxylation is 1. The first-order valence-electron chi connectivity index (χ1n) is 9.18. The molecule has 0 fully saturated rings. The molecule has 31 heavy (non-hydrogen) atoms. The first kappa shape index (κ1) is 22.6. The van der Waals surface area contributed by atoms with Crippen molar-refractivity contribution in [3.05, 3.63) is 94.2 Å². The summed E-state index contributed by atoms with van der Waals surface area (Å²) < 4.78 is 41.5. The summed E-state index contributed by atoms with van der Waals surface area (Å²) in [7, 11) is -4.07. The summed E-state index contributed by atoms with van der Waals surface area (Å²) >= 11 is 3.35. The van der Waals surface area contributed by atoms with Crippen LogP contribution >= 0.6 is 15.9 Å². The maximum Gasteiger partial charge on any atom is 0.264 e. The number of rotatable bonds is 7. The molecular weight excluding hydrogens is 485 g/mol. The predicted molar refractivity (Wildman–Crippen MR) is 122 cm³/mol. The van der Waals surface area contributed by atoms with Crippen LogP contribution < -0.4 is 9.73 Å². The van der Waals surface area contributed by atoms with E-state index in [-0.39, 0.29) is 10.6 Å². The molecule has 9 heteroatoms. The van der Waals surface area contributed by atoms with E-state index in [0.717, 1.165) is 32.0 Å². The van der Waals surface area contributed by atoms with E-state index in [4.69, 9.17) is 0 Å². The van der Waals surface area contributed by atoms with Crippen LogP contribution in [-0.4, -0.2) is 27.1 Å². The van der Waals surface area contributed by atoms with Gasteiger partial charge in [-0.25, -0.2) is 18.2 Å². The maximum absolute atomic E-state index is 13.4. The number of hydrazone groups is 1. The van der Waals surface area contributed by atoms with Gasteiger partial charge in [-0.15, -0.1) is 0 Å². The van der Waals surface area contributed by atoms with Crippen molar-refractivity contribution in [2.45, 2.75) is 11.8 Å². The van der Waals surface area contributed by atoms with Gasteiger partial charge < -0.3 is 0 Å². The molecule has 0 aliphatic carbocycles. The molecular formula is C22H19BrFN3O3S. The molecule has 0 saturated carbocycles. The molecule has 6 nitrogen and oxygen atoms in total. The minimum atomic E-state index is -4.07. The summed E-state index contributed by atoms with van der Waals surface area (Å²) in [4.78, 5) is 12.5. The Kier molecular flexibility index (Phi) is 7.19. The van der Waals surface area contributed by atoms with Crippen molar-refractivity contribution in [3.63, 3.8) is 0 Å². The van der Waals surface area contributed by atoms with Gasteiger partial charge >= 0.3 is 0 Å². The van der Waals surface area contributed by atoms with Gasteiger partial charge in [0, 0.05) is 4.47 Å². The number of halogens is 2. The number of anilines is 1. The van der Waals surface area contributed by atoms with E-state index >= 15 is 0 Å². The highest BCUT2D eigenvalue weighted by Crippen LogP contribution is 2.24. The van der Waals surface area contributed by atoms with Crippen LogP contribution in [0.25, 0.3) is 0 Å². The van der Waals surface area contributed by atoms with Crippen LogP contribution in [0.15, 0.2) is 87.3 Å². The molecule has 0 aliphatic heterocycles. The monoisotopic (exact) mass is 503 g/mol. The van der Waals surface area contributed by atoms with Gasteiger partial charge in [0.2, 0.25) is 0 Å². The van der Waals surface area contributed by atoms with E-state index < -0.39 is 28.3 Å². The van der Waals surface area contributed by atoms with Gasteiger partial charge in [-0.2, -0.15) is 5.10 Å². The Morgan fingerprint density at radius 1 is 1.10 bits per heavy atom. The van der Waals surface area contributed by atoms with Crippen molar-refractivity contribution < 1.29 is 17.6 Å². The number of hydrogen-bond acceptors (Lipinski definition) is 4. The summed E-state index contributed by atoms with van der Waals surface area (Å²) in [5, 5.41) is 3.88. The first-order valence-corrected chi connectivity index (χ1v) is 11.4. The number of sulfonamides is 1. The fourth-order valence-electron chi connectivity index (χ4n) is 2.69. The fourth-order valence-corrected chi connectivity index (χ4v) is 4.53. The lowest BCUT2D eigenvalue weighted by Crippen LogP contribution is -2.39. The standard InChI is InChI=1S/C22H19BrFN3O3S/c1-16-5-11-21(12-6-16)31(29,30)27(20-9-7-19(24)8-10-20)15-22(28)26-25-14-17-3-2-4-18(23)13-17/h2-14H,15H2,1H3,(H,26,28)/b25-14-. The lowest BCUT2D eigenvalue weighted by Gasteiger charge is -2.23. The van der Waals surface area contributed by atoms with Gasteiger partial charge in [0.1, 0.15) is 12.4 Å². The average molecular weight is 504 g/mol. The third-order valence-electron chi connectivity index (χ3n) is 4.26. The smallest absolute Gasteiger partial charge is 0.264 e. The number of benzene rings is 3. The highest BCUT2D eigenvalue weighted by atomic mass is 79.9. The largest absolute Gasteiger partial charge is 0.271 e. The summed E-state index contributed by atoms with van der Waals surface area (Å²) in [6.45, 7) is 1.31. The van der Waals surface area contributed by atoms with E-state index in [1.165, 1.54) is 30.5 Å². The van der Waals surface area contributed by atoms with Crippen molar-refractivity contribution in [1.29, 1.82) is 0 Å². The Morgan fingerprint density at radius 3 is 2.42 bits per heavy atom. The number of nitrogens with zero attached hydrogens (tertiary/aromatic N) is 2. The SMILES string of the molecule is Cc1ccc(S(=O)(=O)N(CC(=O)N/N=C\c2cccc(Br)c2)c2ccc(F)cc2)cc1. The molecule has 0 saturated heterocycles. The summed E-state index contributed by atoms with van der Waals surface area (Å²) in [6.07, 6.45) is 1.44. The van der Waals surface area contributed by atoms with Crippen molar-refractivity contribution >= 4 is 43.8 Å². The Bertz CT molecular complexity index is 1200. The van der Waals surface area contributed by atoms with Crippen LogP contribution in [0.1, 0.15) is 11.1 Å². The van der Waals surface area contributed by atoms with Crippen LogP contribution in [0.4, 0.5) is 10.1 Å². The lowest BCUT2D eigenvalue weighted by atomic mass is 10.2. The summed E-state index contributed by atoms with van der Waals surface area (Å²) in [5.74, 6) is -1.16. The van der Waals surface area contributed by atoms with Gasteiger partial charge in [-0.1, -0.05) is 45.8 Å². The van der Waals surface area contributed by atoms with Crippen LogP contribution in [0.3, 0.4) is 0 Å². The van der Waals surface area contributed by atoms with Gasteiger partial charge in [0.25, 0.3) is 15.9 Å². The molecule has 0 aromatic heterocycles. The molecule has 0 atom stereocenters. The molecule has 0 radical (unpaired) electrons. The number of carbonyl (C=O) groups is 1. The number of nitrogens with one attached hydrogen (secondary N) is 1. The normalized spacial score (nSPS) is 11.5. The van der Waals surface area contributed by atoms with Gasteiger partial charge in [0.15, 0.2) is 0 Å². The molecule has 0 unspecified atom stereocenters. The zero-order valence-electron chi connectivity index (χ0n) is 16.5. The zero-order chi connectivity index (χ0) is 22.4. The summed E-state index contributed by atoms with van der Waals surface area (Å²) in [5.41, 5.74) is 4.13. The van der Waals surface area contributed by atoms with E-state index in [9.17, 15) is 17.6 Å². The molecule has 1 amide bonds. The van der Waals surface area contributed by atoms with Crippen molar-refractivity contribution in [1.82, 2.24) is 5.43 Å². The van der Waals surface area contributed by atoms with Gasteiger partial charge in [-0.3, -0.25) is 9.10 Å². The van der Waals surface area contributed by atoms with E-state index in [2.05, 4.69) is 26.5 Å². The molecule has 3 aromatic rings. The number of hydrogen-bond donors (Lipinski definition) is 1. The zero-order valence-corrected chi connectivity index (χ0v) is 18.9. The van der Waals surface area contributed by atoms with E-state index in [1.807, 2.05) is 25.1 Å². The van der Waals surface area contributed by atoms with Gasteiger partial charge in [0.05, 0.1) is 16.8 Å². The van der Waals surface area contributed by atoms with Crippen LogP contribution in [0.5, 0.6) is 0 Å². The molecule has 3 aromatic carbocycles. The molecule has 160 valence electrons. The number of carbonyl (C=O) groups excluding carboxylic acids is 1. The molecule has 0 aliphatic rings.